The van der Waals surface area contributed by atoms with Gasteiger partial charge in [-0.15, -0.1) is 25.4 Å². The second-order valence-electron chi connectivity index (χ2n) is 14.3. The highest BCUT2D eigenvalue weighted by Gasteiger charge is 2.21. The van der Waals surface area contributed by atoms with Gasteiger partial charge in [0.15, 0.2) is 0 Å². The summed E-state index contributed by atoms with van der Waals surface area (Å²) in [4.78, 5) is 92.4. The molecule has 0 aliphatic rings. The van der Waals surface area contributed by atoms with Gasteiger partial charge in [0.1, 0.15) is 19.3 Å². The number of aliphatic carboxylic acids is 3. The van der Waals surface area contributed by atoms with E-state index in [1.54, 1.807) is 6.26 Å². The number of unbranched alkanes of at least 4 members (excludes halogenated alkanes) is 13. The second-order valence-corrected chi connectivity index (χ2v) is 14.7. The Balaban J connectivity index is -0.00000306. The lowest BCUT2D eigenvalue weighted by Gasteiger charge is -2.14. The molecule has 1 unspecified atom stereocenters. The van der Waals surface area contributed by atoms with E-state index < -0.39 is 41.0 Å². The Labute approximate surface area is 408 Å². The summed E-state index contributed by atoms with van der Waals surface area (Å²) in [5, 5.41) is 40.5. The SMILES string of the molecule is CC.CS.NS.O=C(O)CCCCCCCCCCCCCCCCC(=O)N[C@@H](CCC(=O)NCCOCCOCC(=O)NCCOCCOCC(=O)NC(CCC(=O)O)C(=O)S)C(=O)O. The average Bonchev–Trinajstić information content (AvgIpc) is 3.29. The Hall–Kier alpha value is -3.19. The third kappa shape index (κ3) is 53.4. The number of ether oxygens (including phenoxy) is 4. The summed E-state index contributed by atoms with van der Waals surface area (Å²) in [6.45, 7) is 4.71. The number of carbonyl (C=O) groups excluding carboxylic acids is 5. The average molecular weight is 1010 g/mol. The van der Waals surface area contributed by atoms with Crippen molar-refractivity contribution in [3.63, 3.8) is 0 Å². The molecule has 2 atom stereocenters. The first-order chi connectivity index (χ1) is 31.8. The largest absolute Gasteiger partial charge is 0.481 e. The molecule has 4 amide bonds. The monoisotopic (exact) mass is 1010 g/mol. The molecule has 20 nitrogen and oxygen atoms in total. The fraction of sp³-hybridized carbons (Fsp3) is 0.814. The molecule has 0 saturated heterocycles. The molecule has 0 heterocycles. The Bertz CT molecular complexity index is 1260. The van der Waals surface area contributed by atoms with Gasteiger partial charge in [0.25, 0.3) is 0 Å². The van der Waals surface area contributed by atoms with Crippen LogP contribution in [0.15, 0.2) is 0 Å². The summed E-state index contributed by atoms with van der Waals surface area (Å²) < 4.78 is 21.1. The van der Waals surface area contributed by atoms with Gasteiger partial charge in [-0.1, -0.05) is 90.9 Å². The van der Waals surface area contributed by atoms with E-state index in [0.29, 0.717) is 6.42 Å². The van der Waals surface area contributed by atoms with Crippen LogP contribution in [0.2, 0.25) is 0 Å². The maximum absolute atomic E-state index is 12.3. The van der Waals surface area contributed by atoms with E-state index in [9.17, 15) is 43.5 Å². The third-order valence-corrected chi connectivity index (χ3v) is 9.28. The Morgan fingerprint density at radius 3 is 1.24 bits per heavy atom. The van der Waals surface area contributed by atoms with Gasteiger partial charge >= 0.3 is 17.9 Å². The van der Waals surface area contributed by atoms with E-state index in [1.165, 1.54) is 38.5 Å². The molecule has 0 rings (SSSR count). The van der Waals surface area contributed by atoms with Gasteiger partial charge in [0, 0.05) is 38.8 Å². The molecule has 0 aromatic heterocycles. The maximum atomic E-state index is 12.3. The first-order valence-electron chi connectivity index (χ1n) is 22.8. The predicted molar refractivity (Wildman–Crippen MR) is 262 cm³/mol. The zero-order valence-electron chi connectivity index (χ0n) is 39.5. The van der Waals surface area contributed by atoms with Gasteiger partial charge in [0.05, 0.1) is 45.7 Å². The lowest BCUT2D eigenvalue weighted by atomic mass is 10.0. The highest BCUT2D eigenvalue weighted by molar-refractivity contribution is 7.96. The van der Waals surface area contributed by atoms with E-state index in [-0.39, 0.29) is 122 Å². The van der Waals surface area contributed by atoms with Gasteiger partial charge in [-0.3, -0.25) is 38.7 Å². The van der Waals surface area contributed by atoms with Gasteiger partial charge in [0.2, 0.25) is 28.7 Å². The fourth-order valence-corrected chi connectivity index (χ4v) is 5.87. The fourth-order valence-electron chi connectivity index (χ4n) is 5.68. The quantitative estimate of drug-likeness (QED) is 0.0302. The molecule has 23 heteroatoms. The number of thiol groups is 3. The molecule has 66 heavy (non-hydrogen) atoms. The molecule has 388 valence electrons. The molecule has 0 radical (unpaired) electrons. The van der Waals surface area contributed by atoms with Crippen LogP contribution in [-0.2, 0) is 57.3 Å². The number of carboxylic acids is 3. The van der Waals surface area contributed by atoms with E-state index in [2.05, 4.69) is 64.5 Å². The number of carboxylic acid groups (broad SMARTS) is 3. The summed E-state index contributed by atoms with van der Waals surface area (Å²) in [5.74, 6) is -4.70. The highest BCUT2D eigenvalue weighted by Crippen LogP contribution is 2.14. The van der Waals surface area contributed by atoms with Crippen LogP contribution in [0.4, 0.5) is 0 Å². The van der Waals surface area contributed by atoms with E-state index in [1.807, 2.05) is 13.8 Å². The lowest BCUT2D eigenvalue weighted by Crippen LogP contribution is -2.41. The summed E-state index contributed by atoms with van der Waals surface area (Å²) in [6.07, 6.45) is 16.6. The minimum atomic E-state index is -1.20. The first-order valence-corrected chi connectivity index (χ1v) is 24.7. The number of rotatable bonds is 43. The van der Waals surface area contributed by atoms with Crippen LogP contribution in [0.1, 0.15) is 142 Å². The molecule has 0 fully saturated rings. The molecular weight excluding hydrogens is 923 g/mol. The highest BCUT2D eigenvalue weighted by atomic mass is 32.1. The van der Waals surface area contributed by atoms with Crippen LogP contribution in [0.5, 0.6) is 0 Å². The van der Waals surface area contributed by atoms with Crippen molar-refractivity contribution in [1.29, 1.82) is 0 Å². The number of nitrogens with two attached hydrogens (primary N) is 1. The number of hydrogen-bond acceptors (Lipinski definition) is 15. The summed E-state index contributed by atoms with van der Waals surface area (Å²) in [6, 6.07) is -2.18. The van der Waals surface area contributed by atoms with E-state index >= 15 is 0 Å². The third-order valence-electron chi connectivity index (χ3n) is 8.97. The van der Waals surface area contributed by atoms with Crippen LogP contribution in [0, 0.1) is 0 Å². The van der Waals surface area contributed by atoms with Gasteiger partial charge in [-0.2, -0.15) is 12.6 Å². The van der Waals surface area contributed by atoms with Crippen LogP contribution < -0.4 is 26.4 Å². The zero-order chi connectivity index (χ0) is 50.6. The Kier molecular flexibility index (Phi) is 57.2. The summed E-state index contributed by atoms with van der Waals surface area (Å²) in [7, 11) is 0. The molecule has 0 spiro atoms. The Morgan fingerprint density at radius 2 is 0.818 bits per heavy atom. The molecule has 0 aromatic rings. The molecule has 0 aromatic carbocycles. The van der Waals surface area contributed by atoms with Crippen molar-refractivity contribution in [3.05, 3.63) is 0 Å². The standard InChI is InChI=1S/C40H70N4O15S.C2H6.CH4S.H3NS/c45-33(19-17-31(39(53)54)43-34(46)15-13-11-9-7-5-3-1-2-4-6-8-10-12-14-16-37(49)50)41-21-23-56-25-27-58-29-35(47)42-22-24-57-26-28-59-30-36(48)44-32(40(55)60)18-20-38(51)52;3*1-2/h31-32H,1-30H2,(H,41,45)(H,42,47)(H,43,46)(H,44,48)(H,49,50)(H,51,52)(H,53,54)(H,55,60);1-2H3;2H,1H3;2H,1H2/t31-,32?;;;/m0.../s1. The summed E-state index contributed by atoms with van der Waals surface area (Å²) in [5.41, 5.74) is 0. The second kappa shape index (κ2) is 54.4. The van der Waals surface area contributed by atoms with E-state index in [4.69, 9.17) is 29.2 Å². The number of amides is 4. The number of carbonyl (C=O) groups is 8. The van der Waals surface area contributed by atoms with Gasteiger partial charge in [-0.25, -0.2) is 4.79 Å². The Morgan fingerprint density at radius 1 is 0.455 bits per heavy atom. The lowest BCUT2D eigenvalue weighted by molar-refractivity contribution is -0.142. The zero-order valence-corrected chi connectivity index (χ0v) is 42.2. The minimum Gasteiger partial charge on any atom is -0.481 e. The van der Waals surface area contributed by atoms with Gasteiger partial charge < -0.3 is 55.5 Å². The van der Waals surface area contributed by atoms with Crippen LogP contribution >= 0.6 is 38.1 Å². The predicted octanol–water partition coefficient (Wildman–Crippen LogP) is 4.13. The van der Waals surface area contributed by atoms with Crippen LogP contribution in [0.3, 0.4) is 0 Å². The topological polar surface area (TPSA) is 308 Å². The van der Waals surface area contributed by atoms with Crippen molar-refractivity contribution in [2.24, 2.45) is 5.14 Å². The molecule has 0 aliphatic carbocycles. The number of hydrogen-bond donors (Lipinski definition) is 11. The smallest absolute Gasteiger partial charge is 0.326 e. The maximum Gasteiger partial charge on any atom is 0.326 e. The summed E-state index contributed by atoms with van der Waals surface area (Å²) >= 11 is 10.2. The molecular formula is C43H83N5O15S3. The van der Waals surface area contributed by atoms with Crippen molar-refractivity contribution in [3.8, 4) is 0 Å². The van der Waals surface area contributed by atoms with Crippen LogP contribution in [0.25, 0.3) is 0 Å². The van der Waals surface area contributed by atoms with Crippen molar-refractivity contribution in [1.82, 2.24) is 21.3 Å². The minimum absolute atomic E-state index is 0.0423. The van der Waals surface area contributed by atoms with Crippen molar-refractivity contribution >= 4 is 84.7 Å². The normalized spacial score (nSPS) is 11.1. The van der Waals surface area contributed by atoms with Crippen molar-refractivity contribution in [2.45, 2.75) is 154 Å². The molecule has 0 saturated carbocycles. The molecule has 0 bridgehead atoms. The van der Waals surface area contributed by atoms with Crippen molar-refractivity contribution < 1.29 is 72.6 Å². The van der Waals surface area contributed by atoms with Gasteiger partial charge in [-0.05, 0) is 31.9 Å². The molecule has 0 aliphatic heterocycles. The van der Waals surface area contributed by atoms with E-state index in [0.717, 1.165) is 44.9 Å². The van der Waals surface area contributed by atoms with Crippen LogP contribution in [-0.4, -0.2) is 146 Å². The first kappa shape index (κ1) is 69.4. The van der Waals surface area contributed by atoms with Crippen molar-refractivity contribution in [2.75, 3.05) is 72.2 Å². The number of nitrogens with one attached hydrogen (secondary N) is 4. The molecule has 9 N–H and O–H groups in total.